The van der Waals surface area contributed by atoms with Crippen LogP contribution < -0.4 is 5.32 Å². The van der Waals surface area contributed by atoms with Gasteiger partial charge < -0.3 is 5.32 Å². The summed E-state index contributed by atoms with van der Waals surface area (Å²) in [4.78, 5) is 4.70. The van der Waals surface area contributed by atoms with Gasteiger partial charge in [0.25, 0.3) is 0 Å². The number of hydrogen-bond donors (Lipinski definition) is 1. The molecule has 2 heterocycles. The molecular formula is C23H24N4. The zero-order valence-corrected chi connectivity index (χ0v) is 15.2. The Morgan fingerprint density at radius 3 is 2.81 bits per heavy atom. The van der Waals surface area contributed by atoms with Gasteiger partial charge in [-0.15, -0.1) is 0 Å². The van der Waals surface area contributed by atoms with Crippen molar-refractivity contribution in [3.8, 4) is 11.1 Å². The Labute approximate surface area is 160 Å². The van der Waals surface area contributed by atoms with Crippen LogP contribution >= 0.6 is 0 Å². The number of nitrogens with one attached hydrogen (secondary N) is 1. The Kier molecular flexibility index (Phi) is 4.18. The number of fused-ring (bicyclic) bond motifs is 1. The van der Waals surface area contributed by atoms with Crippen LogP contribution in [0.5, 0.6) is 0 Å². The van der Waals surface area contributed by atoms with E-state index in [0.29, 0.717) is 0 Å². The van der Waals surface area contributed by atoms with Gasteiger partial charge in [0.2, 0.25) is 0 Å². The summed E-state index contributed by atoms with van der Waals surface area (Å²) in [6, 6.07) is 9.45. The summed E-state index contributed by atoms with van der Waals surface area (Å²) in [7, 11) is 0. The minimum atomic E-state index is 0. The van der Waals surface area contributed by atoms with Crippen molar-refractivity contribution in [1.82, 2.24) is 19.9 Å². The third-order valence-electron chi connectivity index (χ3n) is 5.11. The highest BCUT2D eigenvalue weighted by Gasteiger charge is 2.19. The van der Waals surface area contributed by atoms with Gasteiger partial charge >= 0.3 is 0 Å². The standard InChI is InChI=1S/C23H22N4.H2/c1-2-4-6-19(5-3-1)22-15-26-27-16-20(14-25-23(22)27)18-9-7-17(8-10-18)13-24-21-11-12-21;/h1,3-10,14-16,21,24H,2,11-13H2;1H. The fourth-order valence-corrected chi connectivity index (χ4v) is 3.35. The molecule has 0 saturated heterocycles. The normalized spacial score (nSPS) is 16.5. The maximum atomic E-state index is 4.70. The molecule has 4 nitrogen and oxygen atoms in total. The molecule has 2 aliphatic rings. The number of allylic oxidation sites excluding steroid dienone is 6. The number of nitrogens with zero attached hydrogens (tertiary/aromatic N) is 3. The number of rotatable bonds is 5. The summed E-state index contributed by atoms with van der Waals surface area (Å²) in [5.74, 6) is 0. The smallest absolute Gasteiger partial charge is 0.162 e. The third kappa shape index (κ3) is 3.49. The lowest BCUT2D eigenvalue weighted by Crippen LogP contribution is -2.14. The molecule has 0 atom stereocenters. The highest BCUT2D eigenvalue weighted by molar-refractivity contribution is 5.83. The molecule has 0 aliphatic heterocycles. The first-order valence-corrected chi connectivity index (χ1v) is 9.57. The molecule has 3 aromatic rings. The SMILES string of the molecule is C1=CCC=CC(c2cnn3cc(-c4ccc(CNC5CC5)cc4)cnc23)=C1.[HH]. The van der Waals surface area contributed by atoms with Gasteiger partial charge in [0.15, 0.2) is 5.65 Å². The van der Waals surface area contributed by atoms with Crippen molar-refractivity contribution in [2.24, 2.45) is 0 Å². The highest BCUT2D eigenvalue weighted by Crippen LogP contribution is 2.25. The Morgan fingerprint density at radius 2 is 1.96 bits per heavy atom. The van der Waals surface area contributed by atoms with Crippen molar-refractivity contribution >= 4 is 11.2 Å². The van der Waals surface area contributed by atoms with E-state index in [-0.39, 0.29) is 1.43 Å². The van der Waals surface area contributed by atoms with Crippen LogP contribution in [-0.4, -0.2) is 20.6 Å². The summed E-state index contributed by atoms with van der Waals surface area (Å²) in [5, 5.41) is 8.08. The van der Waals surface area contributed by atoms with E-state index in [1.165, 1.54) is 18.4 Å². The van der Waals surface area contributed by atoms with Crippen LogP contribution in [0.15, 0.2) is 73.2 Å². The summed E-state index contributed by atoms with van der Waals surface area (Å²) in [6.07, 6.45) is 20.1. The molecule has 136 valence electrons. The number of aromatic nitrogens is 3. The third-order valence-corrected chi connectivity index (χ3v) is 5.11. The summed E-state index contributed by atoms with van der Waals surface area (Å²) in [6.45, 7) is 0.946. The number of benzene rings is 1. The Bertz CT molecular complexity index is 1060. The molecule has 4 heteroatoms. The molecule has 2 aliphatic carbocycles. The molecule has 0 radical (unpaired) electrons. The van der Waals surface area contributed by atoms with Crippen molar-refractivity contribution in [3.05, 3.63) is 84.4 Å². The molecular weight excluding hydrogens is 332 g/mol. The second-order valence-electron chi connectivity index (χ2n) is 7.21. The Hall–Kier alpha value is -2.98. The minimum absolute atomic E-state index is 0. The van der Waals surface area contributed by atoms with E-state index in [0.717, 1.165) is 46.9 Å². The minimum Gasteiger partial charge on any atom is -0.310 e. The predicted octanol–water partition coefficient (Wildman–Crippen LogP) is 4.79. The van der Waals surface area contributed by atoms with Crippen molar-refractivity contribution in [3.63, 3.8) is 0 Å². The second-order valence-corrected chi connectivity index (χ2v) is 7.21. The average molecular weight is 356 g/mol. The van der Waals surface area contributed by atoms with Gasteiger partial charge in [0.1, 0.15) is 0 Å². The molecule has 0 amide bonds. The van der Waals surface area contributed by atoms with Gasteiger partial charge in [-0.3, -0.25) is 0 Å². The van der Waals surface area contributed by atoms with Gasteiger partial charge in [-0.1, -0.05) is 54.6 Å². The molecule has 2 aromatic heterocycles. The van der Waals surface area contributed by atoms with Crippen molar-refractivity contribution in [2.45, 2.75) is 31.8 Å². The van der Waals surface area contributed by atoms with E-state index in [1.807, 2.05) is 16.9 Å². The van der Waals surface area contributed by atoms with E-state index in [2.05, 4.69) is 71.3 Å². The maximum Gasteiger partial charge on any atom is 0.162 e. The van der Waals surface area contributed by atoms with Gasteiger partial charge in [-0.25, -0.2) is 9.50 Å². The molecule has 0 bridgehead atoms. The molecule has 1 N–H and O–H groups in total. The van der Waals surface area contributed by atoms with Crippen LogP contribution in [0, 0.1) is 0 Å². The molecule has 27 heavy (non-hydrogen) atoms. The molecule has 1 fully saturated rings. The largest absolute Gasteiger partial charge is 0.310 e. The fourth-order valence-electron chi connectivity index (χ4n) is 3.35. The van der Waals surface area contributed by atoms with E-state index in [9.17, 15) is 0 Å². The highest BCUT2D eigenvalue weighted by atomic mass is 15.2. The van der Waals surface area contributed by atoms with Crippen LogP contribution in [-0.2, 0) is 6.54 Å². The van der Waals surface area contributed by atoms with Crippen LogP contribution in [0.25, 0.3) is 22.3 Å². The van der Waals surface area contributed by atoms with Crippen LogP contribution in [0.3, 0.4) is 0 Å². The zero-order chi connectivity index (χ0) is 18.1. The average Bonchev–Trinajstić information content (AvgIpc) is 3.50. The van der Waals surface area contributed by atoms with E-state index in [4.69, 9.17) is 4.98 Å². The van der Waals surface area contributed by atoms with Gasteiger partial charge in [0.05, 0.1) is 6.20 Å². The summed E-state index contributed by atoms with van der Waals surface area (Å²) >= 11 is 0. The monoisotopic (exact) mass is 356 g/mol. The second kappa shape index (κ2) is 6.97. The van der Waals surface area contributed by atoms with Crippen LogP contribution in [0.1, 0.15) is 31.8 Å². The zero-order valence-electron chi connectivity index (χ0n) is 15.2. The molecule has 1 saturated carbocycles. The fraction of sp³-hybridized carbons (Fsp3) is 0.217. The molecule has 1 aromatic carbocycles. The van der Waals surface area contributed by atoms with Gasteiger partial charge in [0, 0.05) is 37.5 Å². The first-order chi connectivity index (χ1) is 13.4. The van der Waals surface area contributed by atoms with Crippen molar-refractivity contribution in [2.75, 3.05) is 0 Å². The van der Waals surface area contributed by atoms with E-state index in [1.54, 1.807) is 0 Å². The van der Waals surface area contributed by atoms with Gasteiger partial charge in [-0.2, -0.15) is 5.10 Å². The quantitative estimate of drug-likeness (QED) is 0.714. The lowest BCUT2D eigenvalue weighted by Gasteiger charge is -2.06. The van der Waals surface area contributed by atoms with Crippen molar-refractivity contribution < 1.29 is 1.43 Å². The summed E-state index contributed by atoms with van der Waals surface area (Å²) < 4.78 is 1.87. The lowest BCUT2D eigenvalue weighted by atomic mass is 10.1. The topological polar surface area (TPSA) is 42.2 Å². The maximum absolute atomic E-state index is 4.70. The van der Waals surface area contributed by atoms with Gasteiger partial charge in [-0.05, 0) is 36.0 Å². The van der Waals surface area contributed by atoms with Crippen LogP contribution in [0.4, 0.5) is 0 Å². The Morgan fingerprint density at radius 1 is 1.07 bits per heavy atom. The number of hydrogen-bond acceptors (Lipinski definition) is 3. The Balaban J connectivity index is 0.00000192. The molecule has 5 rings (SSSR count). The predicted molar refractivity (Wildman–Crippen MR) is 111 cm³/mol. The first-order valence-electron chi connectivity index (χ1n) is 9.57. The molecule has 0 spiro atoms. The van der Waals surface area contributed by atoms with E-state index >= 15 is 0 Å². The van der Waals surface area contributed by atoms with Crippen LogP contribution in [0.2, 0.25) is 0 Å². The summed E-state index contributed by atoms with van der Waals surface area (Å²) in [5.41, 5.74) is 6.64. The van der Waals surface area contributed by atoms with Crippen molar-refractivity contribution in [1.29, 1.82) is 0 Å². The molecule has 0 unspecified atom stereocenters. The lowest BCUT2D eigenvalue weighted by molar-refractivity contribution is 0.688. The van der Waals surface area contributed by atoms with E-state index < -0.39 is 0 Å². The first kappa shape index (κ1) is 16.2.